The first kappa shape index (κ1) is 14.4. The maximum absolute atomic E-state index is 10.7. The van der Waals surface area contributed by atoms with Crippen molar-refractivity contribution in [1.82, 2.24) is 0 Å². The summed E-state index contributed by atoms with van der Waals surface area (Å²) in [7, 11) is 0. The molecule has 0 aromatic heterocycles. The fraction of sp³-hybridized carbons (Fsp3) is 0. The predicted octanol–water partition coefficient (Wildman–Crippen LogP) is 2.80. The molecule has 102 valence electrons. The van der Waals surface area contributed by atoms with E-state index in [1.807, 2.05) is 0 Å². The lowest BCUT2D eigenvalue weighted by Gasteiger charge is -2.05. The number of nitrogens with zero attached hydrogens (tertiary/aromatic N) is 1. The van der Waals surface area contributed by atoms with Crippen LogP contribution in [-0.4, -0.2) is 12.2 Å². The molecule has 0 bridgehead atoms. The summed E-state index contributed by atoms with van der Waals surface area (Å²) in [6.07, 6.45) is 1.50. The number of hydrogen-bond donors (Lipinski definition) is 1. The summed E-state index contributed by atoms with van der Waals surface area (Å²) in [5.41, 5.74) is 3.97. The largest absolute Gasteiger partial charge is 0.545 e. The summed E-state index contributed by atoms with van der Waals surface area (Å²) in [5.74, 6) is -1.24. The van der Waals surface area contributed by atoms with Crippen LogP contribution in [0.3, 0.4) is 0 Å². The van der Waals surface area contributed by atoms with E-state index in [9.17, 15) is 9.90 Å². The average molecular weight is 308 g/mol. The zero-order valence-corrected chi connectivity index (χ0v) is 11.7. The highest BCUT2D eigenvalue weighted by atomic mass is 35.5. The zero-order valence-electron chi connectivity index (χ0n) is 10.1. The third-order valence-electron chi connectivity index (χ3n) is 2.48. The highest BCUT2D eigenvalue weighted by molar-refractivity contribution is 6.43. The van der Waals surface area contributed by atoms with Gasteiger partial charge in [0.15, 0.2) is 0 Å². The summed E-state index contributed by atoms with van der Waals surface area (Å²) < 4.78 is 0. The van der Waals surface area contributed by atoms with Gasteiger partial charge in [-0.2, -0.15) is 5.10 Å². The molecule has 0 atom stereocenters. The molecule has 0 aliphatic carbocycles. The summed E-state index contributed by atoms with van der Waals surface area (Å²) >= 11 is 11.9. The van der Waals surface area contributed by atoms with Gasteiger partial charge in [0.05, 0.1) is 27.9 Å². The summed E-state index contributed by atoms with van der Waals surface area (Å²) in [4.78, 5) is 10.7. The molecule has 1 N–H and O–H groups in total. The van der Waals surface area contributed by atoms with Crippen LogP contribution in [-0.2, 0) is 0 Å². The maximum atomic E-state index is 10.7. The normalized spacial score (nSPS) is 10.7. The second-order valence-electron chi connectivity index (χ2n) is 3.88. The molecular formula is C14H9Cl2N2O2-. The molecule has 0 spiro atoms. The number of benzene rings is 2. The number of carboxylic acids is 1. The van der Waals surface area contributed by atoms with Crippen molar-refractivity contribution in [3.05, 3.63) is 63.6 Å². The maximum Gasteiger partial charge on any atom is 0.0716 e. The van der Waals surface area contributed by atoms with Gasteiger partial charge in [0.2, 0.25) is 0 Å². The molecule has 2 rings (SSSR count). The van der Waals surface area contributed by atoms with Crippen LogP contribution in [0.1, 0.15) is 15.9 Å². The van der Waals surface area contributed by atoms with E-state index in [2.05, 4.69) is 10.5 Å². The topological polar surface area (TPSA) is 64.5 Å². The van der Waals surface area contributed by atoms with Gasteiger partial charge in [0.25, 0.3) is 0 Å². The van der Waals surface area contributed by atoms with Crippen molar-refractivity contribution >= 4 is 41.1 Å². The molecule has 20 heavy (non-hydrogen) atoms. The molecule has 0 saturated heterocycles. The Bertz CT molecular complexity index is 672. The lowest BCUT2D eigenvalue weighted by molar-refractivity contribution is -0.255. The lowest BCUT2D eigenvalue weighted by Crippen LogP contribution is -2.22. The molecule has 0 unspecified atom stereocenters. The predicted molar refractivity (Wildman–Crippen MR) is 78.5 cm³/mol. The first-order valence-electron chi connectivity index (χ1n) is 5.62. The molecule has 4 nitrogen and oxygen atoms in total. The van der Waals surface area contributed by atoms with Crippen LogP contribution in [0.2, 0.25) is 10.0 Å². The van der Waals surface area contributed by atoms with E-state index in [-0.39, 0.29) is 5.56 Å². The molecule has 6 heteroatoms. The van der Waals surface area contributed by atoms with E-state index < -0.39 is 5.97 Å². The lowest BCUT2D eigenvalue weighted by atomic mass is 10.2. The smallest absolute Gasteiger partial charge is 0.0716 e. The van der Waals surface area contributed by atoms with Gasteiger partial charge in [-0.25, -0.2) is 0 Å². The Morgan fingerprint density at radius 2 is 1.95 bits per heavy atom. The van der Waals surface area contributed by atoms with Crippen molar-refractivity contribution in [2.45, 2.75) is 0 Å². The Hall–Kier alpha value is -2.04. The first-order valence-corrected chi connectivity index (χ1v) is 6.38. The Balaban J connectivity index is 2.12. The van der Waals surface area contributed by atoms with Gasteiger partial charge in [0.1, 0.15) is 0 Å². The number of anilines is 1. The third kappa shape index (κ3) is 3.50. The van der Waals surface area contributed by atoms with Gasteiger partial charge in [-0.1, -0.05) is 47.5 Å². The number of carbonyl (C=O) groups is 1. The van der Waals surface area contributed by atoms with Crippen molar-refractivity contribution < 1.29 is 9.90 Å². The van der Waals surface area contributed by atoms with E-state index in [1.165, 1.54) is 18.3 Å². The Morgan fingerprint density at radius 1 is 1.20 bits per heavy atom. The SMILES string of the molecule is O=C([O-])c1cccc(N/N=C\c2cccc(Cl)c2Cl)c1. The number of rotatable bonds is 4. The van der Waals surface area contributed by atoms with E-state index in [0.717, 1.165) is 0 Å². The number of aromatic carboxylic acids is 1. The monoisotopic (exact) mass is 307 g/mol. The van der Waals surface area contributed by atoms with Crippen LogP contribution in [0.25, 0.3) is 0 Å². The molecule has 0 amide bonds. The molecule has 0 aliphatic heterocycles. The van der Waals surface area contributed by atoms with E-state index in [4.69, 9.17) is 23.2 Å². The van der Waals surface area contributed by atoms with Crippen LogP contribution in [0, 0.1) is 0 Å². The average Bonchev–Trinajstić information content (AvgIpc) is 2.44. The third-order valence-corrected chi connectivity index (χ3v) is 3.31. The van der Waals surface area contributed by atoms with Gasteiger partial charge in [0, 0.05) is 5.56 Å². The summed E-state index contributed by atoms with van der Waals surface area (Å²) in [6, 6.07) is 11.3. The molecule has 2 aromatic rings. The Morgan fingerprint density at radius 3 is 2.70 bits per heavy atom. The highest BCUT2D eigenvalue weighted by Gasteiger charge is 2.01. The minimum absolute atomic E-state index is 0.0750. The van der Waals surface area contributed by atoms with Crippen LogP contribution in [0.15, 0.2) is 47.6 Å². The van der Waals surface area contributed by atoms with Crippen molar-refractivity contribution in [3.8, 4) is 0 Å². The quantitative estimate of drug-likeness (QED) is 0.698. The van der Waals surface area contributed by atoms with Crippen LogP contribution in [0.4, 0.5) is 5.69 Å². The first-order chi connectivity index (χ1) is 9.58. The highest BCUT2D eigenvalue weighted by Crippen LogP contribution is 2.24. The minimum atomic E-state index is -1.24. The standard InChI is InChI=1S/C14H10Cl2N2O2/c15-12-6-2-4-10(13(12)16)8-17-18-11-5-1-3-9(7-11)14(19)20/h1-8,18H,(H,19,20)/p-1/b17-8-. The van der Waals surface area contributed by atoms with Crippen molar-refractivity contribution in [1.29, 1.82) is 0 Å². The van der Waals surface area contributed by atoms with Gasteiger partial charge in [-0.15, -0.1) is 0 Å². The number of nitrogens with one attached hydrogen (secondary N) is 1. The number of carbonyl (C=O) groups excluding carboxylic acids is 1. The molecular weight excluding hydrogens is 299 g/mol. The molecule has 0 heterocycles. The van der Waals surface area contributed by atoms with Crippen LogP contribution >= 0.6 is 23.2 Å². The van der Waals surface area contributed by atoms with Crippen LogP contribution < -0.4 is 10.5 Å². The fourth-order valence-corrected chi connectivity index (χ4v) is 1.87. The number of carboxylic acid groups (broad SMARTS) is 1. The van der Waals surface area contributed by atoms with E-state index >= 15 is 0 Å². The van der Waals surface area contributed by atoms with Gasteiger partial charge >= 0.3 is 0 Å². The molecule has 0 fully saturated rings. The minimum Gasteiger partial charge on any atom is -0.545 e. The molecule has 2 aromatic carbocycles. The van der Waals surface area contributed by atoms with Crippen LogP contribution in [0.5, 0.6) is 0 Å². The van der Waals surface area contributed by atoms with E-state index in [0.29, 0.717) is 21.3 Å². The van der Waals surface area contributed by atoms with Crippen molar-refractivity contribution in [3.63, 3.8) is 0 Å². The fourth-order valence-electron chi connectivity index (χ4n) is 1.51. The summed E-state index contributed by atoms with van der Waals surface area (Å²) in [5, 5.41) is 15.5. The zero-order chi connectivity index (χ0) is 14.5. The Labute approximate surface area is 125 Å². The molecule has 0 aliphatic rings. The number of hydrazone groups is 1. The second kappa shape index (κ2) is 6.41. The van der Waals surface area contributed by atoms with Gasteiger partial charge < -0.3 is 9.90 Å². The second-order valence-corrected chi connectivity index (χ2v) is 4.67. The summed E-state index contributed by atoms with van der Waals surface area (Å²) in [6.45, 7) is 0. The molecule has 0 saturated carbocycles. The number of hydrogen-bond acceptors (Lipinski definition) is 4. The van der Waals surface area contributed by atoms with Crippen molar-refractivity contribution in [2.24, 2.45) is 5.10 Å². The van der Waals surface area contributed by atoms with Crippen molar-refractivity contribution in [2.75, 3.05) is 5.43 Å². The van der Waals surface area contributed by atoms with E-state index in [1.54, 1.807) is 30.3 Å². The van der Waals surface area contributed by atoms with Gasteiger partial charge in [-0.05, 0) is 23.8 Å². The molecule has 0 radical (unpaired) electrons. The van der Waals surface area contributed by atoms with Gasteiger partial charge in [-0.3, -0.25) is 5.43 Å². The Kier molecular flexibility index (Phi) is 4.61. The number of halogens is 2.